The molecule has 10 heteroatoms. The molecule has 0 aliphatic carbocycles. The van der Waals surface area contributed by atoms with Crippen molar-refractivity contribution in [1.29, 1.82) is 0 Å². The number of carbonyl (C=O) groups is 1. The van der Waals surface area contributed by atoms with E-state index in [0.717, 1.165) is 18.6 Å². The summed E-state index contributed by atoms with van der Waals surface area (Å²) in [6.45, 7) is 0.847. The van der Waals surface area contributed by atoms with E-state index in [2.05, 4.69) is 14.9 Å². The lowest BCUT2D eigenvalue weighted by Gasteiger charge is -2.31. The molecule has 0 saturated carbocycles. The molecule has 4 rings (SSSR count). The number of hydrogen-bond acceptors (Lipinski definition) is 5. The summed E-state index contributed by atoms with van der Waals surface area (Å²) in [6.07, 6.45) is -3.34. The zero-order valence-electron chi connectivity index (χ0n) is 16.1. The van der Waals surface area contributed by atoms with Gasteiger partial charge >= 0.3 is 6.36 Å². The fourth-order valence-electron chi connectivity index (χ4n) is 3.46. The molecule has 162 valence electrons. The number of benzene rings is 2. The largest absolute Gasteiger partial charge is 0.573 e. The second-order valence-electron chi connectivity index (χ2n) is 7.13. The predicted molar refractivity (Wildman–Crippen MR) is 101 cm³/mol. The second kappa shape index (κ2) is 8.37. The predicted octanol–water partition coefficient (Wildman–Crippen LogP) is 4.79. The van der Waals surface area contributed by atoms with Crippen molar-refractivity contribution in [2.24, 2.45) is 0 Å². The van der Waals surface area contributed by atoms with Gasteiger partial charge in [-0.25, -0.2) is 4.39 Å². The molecule has 3 aromatic rings. The van der Waals surface area contributed by atoms with Gasteiger partial charge in [0, 0.05) is 24.2 Å². The number of aromatic nitrogens is 2. The lowest BCUT2D eigenvalue weighted by Crippen LogP contribution is -2.39. The number of piperidine rings is 1. The van der Waals surface area contributed by atoms with Crippen LogP contribution >= 0.6 is 0 Å². The zero-order valence-corrected chi connectivity index (χ0v) is 16.1. The minimum absolute atomic E-state index is 0.174. The third kappa shape index (κ3) is 5.01. The molecule has 0 bridgehead atoms. The Morgan fingerprint density at radius 2 is 1.81 bits per heavy atom. The number of ether oxygens (including phenoxy) is 1. The van der Waals surface area contributed by atoms with Crippen LogP contribution in [0.3, 0.4) is 0 Å². The first kappa shape index (κ1) is 20.8. The highest BCUT2D eigenvalue weighted by Gasteiger charge is 2.32. The van der Waals surface area contributed by atoms with Crippen molar-refractivity contribution in [2.45, 2.75) is 25.1 Å². The molecule has 0 N–H and O–H groups in total. The van der Waals surface area contributed by atoms with Crippen molar-refractivity contribution in [3.8, 4) is 17.1 Å². The van der Waals surface area contributed by atoms with Crippen molar-refractivity contribution >= 4 is 5.91 Å². The summed E-state index contributed by atoms with van der Waals surface area (Å²) in [7, 11) is 0. The van der Waals surface area contributed by atoms with E-state index in [1.807, 2.05) is 0 Å². The molecular formula is C21H17F4N3O3. The van der Waals surface area contributed by atoms with E-state index in [4.69, 9.17) is 4.52 Å². The number of nitrogens with zero attached hydrogens (tertiary/aromatic N) is 3. The summed E-state index contributed by atoms with van der Waals surface area (Å²) in [5, 5.41) is 3.94. The van der Waals surface area contributed by atoms with Crippen LogP contribution in [0.4, 0.5) is 17.6 Å². The Morgan fingerprint density at radius 1 is 1.10 bits per heavy atom. The Bertz CT molecular complexity index is 1050. The molecule has 1 aliphatic heterocycles. The van der Waals surface area contributed by atoms with Gasteiger partial charge in [-0.2, -0.15) is 4.98 Å². The Balaban J connectivity index is 1.44. The first-order chi connectivity index (χ1) is 14.8. The van der Waals surface area contributed by atoms with Crippen LogP contribution in [-0.2, 0) is 0 Å². The van der Waals surface area contributed by atoms with E-state index in [9.17, 15) is 22.4 Å². The minimum atomic E-state index is -4.79. The van der Waals surface area contributed by atoms with E-state index in [1.165, 1.54) is 24.3 Å². The topological polar surface area (TPSA) is 68.5 Å². The van der Waals surface area contributed by atoms with E-state index in [0.29, 0.717) is 36.8 Å². The normalized spacial score (nSPS) is 16.9. The van der Waals surface area contributed by atoms with Crippen molar-refractivity contribution in [1.82, 2.24) is 15.0 Å². The van der Waals surface area contributed by atoms with Crippen molar-refractivity contribution in [3.05, 3.63) is 65.8 Å². The Morgan fingerprint density at radius 3 is 2.48 bits per heavy atom. The van der Waals surface area contributed by atoms with Crippen LogP contribution in [0.5, 0.6) is 5.75 Å². The molecule has 1 amide bonds. The van der Waals surface area contributed by atoms with E-state index in [1.54, 1.807) is 17.0 Å². The van der Waals surface area contributed by atoms with Gasteiger partial charge in [-0.15, -0.1) is 13.2 Å². The Kier molecular flexibility index (Phi) is 5.62. The molecule has 1 aromatic heterocycles. The van der Waals surface area contributed by atoms with Crippen LogP contribution in [0.1, 0.15) is 35.0 Å². The maximum atomic E-state index is 13.1. The second-order valence-corrected chi connectivity index (χ2v) is 7.13. The summed E-state index contributed by atoms with van der Waals surface area (Å²) < 4.78 is 59.2. The number of likely N-dealkylation sites (tertiary alicyclic amines) is 1. The van der Waals surface area contributed by atoms with E-state index >= 15 is 0 Å². The molecule has 0 spiro atoms. The molecule has 6 nitrogen and oxygen atoms in total. The fraction of sp³-hybridized carbons (Fsp3) is 0.286. The molecule has 2 aromatic carbocycles. The molecule has 1 unspecified atom stereocenters. The summed E-state index contributed by atoms with van der Waals surface area (Å²) in [5.41, 5.74) is 0.869. The molecule has 2 heterocycles. The summed E-state index contributed by atoms with van der Waals surface area (Å²) in [6, 6.07) is 10.5. The molecule has 0 radical (unpaired) electrons. The van der Waals surface area contributed by atoms with E-state index in [-0.39, 0.29) is 29.0 Å². The van der Waals surface area contributed by atoms with Crippen LogP contribution in [0.25, 0.3) is 11.4 Å². The Labute approximate surface area is 174 Å². The quantitative estimate of drug-likeness (QED) is 0.551. The highest BCUT2D eigenvalue weighted by atomic mass is 19.4. The number of alkyl halides is 3. The highest BCUT2D eigenvalue weighted by molar-refractivity contribution is 5.94. The number of halogens is 4. The smallest absolute Gasteiger partial charge is 0.406 e. The zero-order chi connectivity index (χ0) is 22.0. The van der Waals surface area contributed by atoms with Crippen LogP contribution in [0.2, 0.25) is 0 Å². The standard InChI is InChI=1S/C21H17F4N3O3/c22-16-7-3-13(4-8-16)18-26-19(31-27-18)15-2-1-11-28(12-15)20(29)14-5-9-17(10-6-14)30-21(23,24)25/h3-10,15H,1-2,11-12H2. The average molecular weight is 435 g/mol. The lowest BCUT2D eigenvalue weighted by atomic mass is 9.97. The average Bonchev–Trinajstić information content (AvgIpc) is 3.24. The highest BCUT2D eigenvalue weighted by Crippen LogP contribution is 2.29. The minimum Gasteiger partial charge on any atom is -0.406 e. The number of amides is 1. The third-order valence-corrected chi connectivity index (χ3v) is 4.94. The Hall–Kier alpha value is -3.43. The molecule has 1 atom stereocenters. The van der Waals surface area contributed by atoms with Gasteiger partial charge in [0.1, 0.15) is 11.6 Å². The van der Waals surface area contributed by atoms with Gasteiger partial charge in [-0.1, -0.05) is 5.16 Å². The van der Waals surface area contributed by atoms with Crippen LogP contribution < -0.4 is 4.74 Å². The van der Waals surface area contributed by atoms with Crippen molar-refractivity contribution in [3.63, 3.8) is 0 Å². The van der Waals surface area contributed by atoms with Crippen molar-refractivity contribution < 1.29 is 31.6 Å². The maximum Gasteiger partial charge on any atom is 0.573 e. The lowest BCUT2D eigenvalue weighted by molar-refractivity contribution is -0.274. The van der Waals surface area contributed by atoms with Crippen LogP contribution in [-0.4, -0.2) is 40.4 Å². The van der Waals surface area contributed by atoms with E-state index < -0.39 is 6.36 Å². The van der Waals surface area contributed by atoms with Gasteiger partial charge < -0.3 is 14.2 Å². The monoisotopic (exact) mass is 435 g/mol. The van der Waals surface area contributed by atoms with Gasteiger partial charge in [-0.05, 0) is 61.4 Å². The van der Waals surface area contributed by atoms with Gasteiger partial charge in [0.05, 0.1) is 5.92 Å². The maximum absolute atomic E-state index is 13.1. The summed E-state index contributed by atoms with van der Waals surface area (Å²) in [5.74, 6) is -0.523. The van der Waals surface area contributed by atoms with Crippen LogP contribution in [0.15, 0.2) is 53.1 Å². The first-order valence-electron chi connectivity index (χ1n) is 9.53. The van der Waals surface area contributed by atoms with Gasteiger partial charge in [-0.3, -0.25) is 4.79 Å². The molecule has 1 fully saturated rings. The SMILES string of the molecule is O=C(c1ccc(OC(F)(F)F)cc1)N1CCCC(c2nc(-c3ccc(F)cc3)no2)C1. The summed E-state index contributed by atoms with van der Waals surface area (Å²) >= 11 is 0. The van der Waals surface area contributed by atoms with Crippen LogP contribution in [0, 0.1) is 5.82 Å². The number of carbonyl (C=O) groups excluding carboxylic acids is 1. The van der Waals surface area contributed by atoms with Gasteiger partial charge in [0.15, 0.2) is 0 Å². The number of rotatable bonds is 4. The molecule has 1 saturated heterocycles. The fourth-order valence-corrected chi connectivity index (χ4v) is 3.46. The third-order valence-electron chi connectivity index (χ3n) is 4.94. The van der Waals surface area contributed by atoms with Crippen molar-refractivity contribution in [2.75, 3.05) is 13.1 Å². The molecular weight excluding hydrogens is 418 g/mol. The molecule has 31 heavy (non-hydrogen) atoms. The van der Waals surface area contributed by atoms with Gasteiger partial charge in [0.2, 0.25) is 11.7 Å². The van der Waals surface area contributed by atoms with Gasteiger partial charge in [0.25, 0.3) is 5.91 Å². The summed E-state index contributed by atoms with van der Waals surface area (Å²) in [4.78, 5) is 18.8. The first-order valence-corrected chi connectivity index (χ1v) is 9.53. The number of hydrogen-bond donors (Lipinski definition) is 0. The molecule has 1 aliphatic rings.